The first-order valence-corrected chi connectivity index (χ1v) is 9.75. The highest BCUT2D eigenvalue weighted by Gasteiger charge is 2.42. The molecule has 142 valence electrons. The van der Waals surface area contributed by atoms with E-state index in [2.05, 4.69) is 17.3 Å². The Morgan fingerprint density at radius 1 is 1.27 bits per heavy atom. The summed E-state index contributed by atoms with van der Waals surface area (Å²) >= 11 is 0. The molecule has 4 atom stereocenters. The number of amides is 2. The molecule has 7 heteroatoms. The maximum atomic E-state index is 12.7. The van der Waals surface area contributed by atoms with Crippen molar-refractivity contribution in [1.29, 1.82) is 0 Å². The van der Waals surface area contributed by atoms with E-state index in [9.17, 15) is 9.59 Å². The third-order valence-corrected chi connectivity index (χ3v) is 6.42. The van der Waals surface area contributed by atoms with Gasteiger partial charge in [0.1, 0.15) is 5.69 Å². The first kappa shape index (κ1) is 17.5. The van der Waals surface area contributed by atoms with Gasteiger partial charge in [-0.15, -0.1) is 0 Å². The lowest BCUT2D eigenvalue weighted by atomic mass is 9.84. The van der Waals surface area contributed by atoms with E-state index < -0.39 is 0 Å². The number of aromatic nitrogens is 2. The molecule has 1 aromatic rings. The van der Waals surface area contributed by atoms with Gasteiger partial charge in [0.2, 0.25) is 0 Å². The lowest BCUT2D eigenvalue weighted by Crippen LogP contribution is -2.41. The van der Waals surface area contributed by atoms with Crippen molar-refractivity contribution in [2.45, 2.75) is 38.6 Å². The normalized spacial score (nSPS) is 29.0. The highest BCUT2D eigenvalue weighted by molar-refractivity contribution is 5.98. The van der Waals surface area contributed by atoms with Crippen molar-refractivity contribution in [2.75, 3.05) is 26.3 Å². The largest absolute Gasteiger partial charge is 0.378 e. The summed E-state index contributed by atoms with van der Waals surface area (Å²) < 4.78 is 6.79. The molecule has 2 saturated carbocycles. The van der Waals surface area contributed by atoms with E-state index in [-0.39, 0.29) is 17.9 Å². The van der Waals surface area contributed by atoms with Crippen molar-refractivity contribution >= 4 is 11.8 Å². The van der Waals surface area contributed by atoms with Crippen molar-refractivity contribution in [3.8, 4) is 0 Å². The predicted octanol–water partition coefficient (Wildman–Crippen LogP) is 1.45. The van der Waals surface area contributed by atoms with E-state index in [0.29, 0.717) is 43.6 Å². The monoisotopic (exact) mass is 360 g/mol. The van der Waals surface area contributed by atoms with Gasteiger partial charge in [-0.3, -0.25) is 14.3 Å². The Morgan fingerprint density at radius 3 is 2.69 bits per heavy atom. The molecule has 2 bridgehead atoms. The summed E-state index contributed by atoms with van der Waals surface area (Å²) in [5, 5.41) is 7.42. The summed E-state index contributed by atoms with van der Waals surface area (Å²) in [7, 11) is 1.72. The molecule has 3 fully saturated rings. The fourth-order valence-corrected chi connectivity index (χ4v) is 5.01. The molecule has 1 N–H and O–H groups in total. The molecule has 7 nitrogen and oxygen atoms in total. The van der Waals surface area contributed by atoms with Gasteiger partial charge in [0.15, 0.2) is 5.69 Å². The Bertz CT molecular complexity index is 695. The SMILES string of the molecule is C[C@H](NC(=O)c1cc(C(=O)N2CCOCC2)nn1C)[C@H]1C[C@@H]2CC[C@@H]1C2. The smallest absolute Gasteiger partial charge is 0.274 e. The van der Waals surface area contributed by atoms with Gasteiger partial charge >= 0.3 is 0 Å². The molecule has 1 aromatic heterocycles. The first-order valence-electron chi connectivity index (χ1n) is 9.75. The van der Waals surface area contributed by atoms with Gasteiger partial charge in [0.05, 0.1) is 13.2 Å². The van der Waals surface area contributed by atoms with Crippen molar-refractivity contribution in [2.24, 2.45) is 24.8 Å². The van der Waals surface area contributed by atoms with Crippen LogP contribution in [0, 0.1) is 17.8 Å². The number of rotatable bonds is 4. The third kappa shape index (κ3) is 3.24. The fraction of sp³-hybridized carbons (Fsp3) is 0.737. The molecule has 0 aromatic carbocycles. The van der Waals surface area contributed by atoms with Crippen LogP contribution in [0.1, 0.15) is 53.6 Å². The van der Waals surface area contributed by atoms with Gasteiger partial charge in [-0.2, -0.15) is 5.10 Å². The number of carbonyl (C=O) groups is 2. The Balaban J connectivity index is 1.41. The van der Waals surface area contributed by atoms with Crippen molar-refractivity contribution in [3.63, 3.8) is 0 Å². The summed E-state index contributed by atoms with van der Waals surface area (Å²) in [5.74, 6) is 1.93. The number of ether oxygens (including phenoxy) is 1. The fourth-order valence-electron chi connectivity index (χ4n) is 5.01. The van der Waals surface area contributed by atoms with Crippen LogP contribution in [0.2, 0.25) is 0 Å². The number of hydrogen-bond acceptors (Lipinski definition) is 4. The molecule has 1 saturated heterocycles. The van der Waals surface area contributed by atoms with E-state index >= 15 is 0 Å². The van der Waals surface area contributed by atoms with Crippen molar-refractivity contribution in [1.82, 2.24) is 20.0 Å². The van der Waals surface area contributed by atoms with Crippen LogP contribution in [0.15, 0.2) is 6.07 Å². The minimum atomic E-state index is -0.142. The molecule has 2 amide bonds. The van der Waals surface area contributed by atoms with Gasteiger partial charge in [-0.1, -0.05) is 6.42 Å². The zero-order valence-electron chi connectivity index (χ0n) is 15.6. The summed E-state index contributed by atoms with van der Waals surface area (Å²) in [6.45, 7) is 4.34. The summed E-state index contributed by atoms with van der Waals surface area (Å²) in [5.41, 5.74) is 0.767. The zero-order valence-corrected chi connectivity index (χ0v) is 15.6. The lowest BCUT2D eigenvalue weighted by Gasteiger charge is -2.28. The van der Waals surface area contributed by atoms with Crippen molar-refractivity contribution < 1.29 is 14.3 Å². The molecule has 2 heterocycles. The first-order chi connectivity index (χ1) is 12.5. The van der Waals surface area contributed by atoms with Crippen LogP contribution in [-0.2, 0) is 11.8 Å². The average molecular weight is 360 g/mol. The second-order valence-electron chi connectivity index (χ2n) is 8.04. The topological polar surface area (TPSA) is 76.5 Å². The number of aryl methyl sites for hydroxylation is 1. The second-order valence-corrected chi connectivity index (χ2v) is 8.04. The molecule has 4 rings (SSSR count). The molecular weight excluding hydrogens is 332 g/mol. The van der Waals surface area contributed by atoms with Crippen LogP contribution in [-0.4, -0.2) is 58.8 Å². The van der Waals surface area contributed by atoms with Crippen LogP contribution >= 0.6 is 0 Å². The minimum Gasteiger partial charge on any atom is -0.378 e. The summed E-state index contributed by atoms with van der Waals surface area (Å²) in [4.78, 5) is 27.0. The van der Waals surface area contributed by atoms with Crippen LogP contribution in [0.5, 0.6) is 0 Å². The molecule has 2 aliphatic carbocycles. The van der Waals surface area contributed by atoms with Crippen molar-refractivity contribution in [3.05, 3.63) is 17.5 Å². The van der Waals surface area contributed by atoms with Gasteiger partial charge in [-0.25, -0.2) is 0 Å². The summed E-state index contributed by atoms with van der Waals surface area (Å²) in [6.07, 6.45) is 5.23. The van der Waals surface area contributed by atoms with Crippen LogP contribution in [0.4, 0.5) is 0 Å². The van der Waals surface area contributed by atoms with Crippen LogP contribution in [0.25, 0.3) is 0 Å². The molecule has 1 aliphatic heterocycles. The number of fused-ring (bicyclic) bond motifs is 2. The number of nitrogens with one attached hydrogen (secondary N) is 1. The second kappa shape index (κ2) is 7.02. The maximum absolute atomic E-state index is 12.7. The van der Waals surface area contributed by atoms with Gasteiger partial charge in [0, 0.05) is 32.2 Å². The Hall–Kier alpha value is -1.89. The average Bonchev–Trinajstić information content (AvgIpc) is 3.37. The Morgan fingerprint density at radius 2 is 2.04 bits per heavy atom. The van der Waals surface area contributed by atoms with E-state index in [0.717, 1.165) is 11.8 Å². The lowest BCUT2D eigenvalue weighted by molar-refractivity contribution is 0.0298. The van der Waals surface area contributed by atoms with E-state index in [4.69, 9.17) is 4.74 Å². The maximum Gasteiger partial charge on any atom is 0.274 e. The minimum absolute atomic E-state index is 0.135. The van der Waals surface area contributed by atoms with E-state index in [1.54, 1.807) is 18.0 Å². The number of carbonyl (C=O) groups excluding carboxylic acids is 2. The van der Waals surface area contributed by atoms with Gasteiger partial charge in [0.25, 0.3) is 11.8 Å². The molecule has 3 aliphatic rings. The van der Waals surface area contributed by atoms with E-state index in [1.165, 1.54) is 30.4 Å². The molecule has 0 unspecified atom stereocenters. The highest BCUT2D eigenvalue weighted by atomic mass is 16.5. The van der Waals surface area contributed by atoms with Crippen LogP contribution < -0.4 is 5.32 Å². The zero-order chi connectivity index (χ0) is 18.3. The molecular formula is C19H28N4O3. The van der Waals surface area contributed by atoms with E-state index in [1.807, 2.05) is 0 Å². The Kier molecular flexibility index (Phi) is 4.73. The number of morpholine rings is 1. The van der Waals surface area contributed by atoms with Gasteiger partial charge in [-0.05, 0) is 43.9 Å². The van der Waals surface area contributed by atoms with Gasteiger partial charge < -0.3 is 15.0 Å². The molecule has 0 radical (unpaired) electrons. The Labute approximate surface area is 154 Å². The summed E-state index contributed by atoms with van der Waals surface area (Å²) in [6, 6.07) is 1.77. The standard InChI is InChI=1S/C19H28N4O3/c1-12(15-10-13-3-4-14(15)9-13)20-18(24)17-11-16(21-22(17)2)19(25)23-5-7-26-8-6-23/h11-15H,3-10H2,1-2H3,(H,20,24)/t12-,13+,14+,15+/m0/s1. The third-order valence-electron chi connectivity index (χ3n) is 6.42. The predicted molar refractivity (Wildman–Crippen MR) is 95.8 cm³/mol. The van der Waals surface area contributed by atoms with Crippen LogP contribution in [0.3, 0.4) is 0 Å². The molecule has 26 heavy (non-hydrogen) atoms. The number of nitrogens with zero attached hydrogens (tertiary/aromatic N) is 3. The number of hydrogen-bond donors (Lipinski definition) is 1. The quantitative estimate of drug-likeness (QED) is 0.882. The highest BCUT2D eigenvalue weighted by Crippen LogP contribution is 2.49. The molecule has 0 spiro atoms.